The van der Waals surface area contributed by atoms with Crippen LogP contribution in [-0.2, 0) is 13.0 Å². The highest BCUT2D eigenvalue weighted by Crippen LogP contribution is 2.26. The molecule has 7 nitrogen and oxygen atoms in total. The fraction of sp³-hybridized carbons (Fsp3) is 0.269. The molecule has 0 saturated heterocycles. The van der Waals surface area contributed by atoms with Crippen molar-refractivity contribution in [1.82, 2.24) is 4.57 Å². The predicted molar refractivity (Wildman–Crippen MR) is 124 cm³/mol. The van der Waals surface area contributed by atoms with Crippen LogP contribution >= 0.6 is 0 Å². The summed E-state index contributed by atoms with van der Waals surface area (Å²) in [4.78, 5) is 26.2. The number of methoxy groups -OCH3 is 1. The first-order valence-corrected chi connectivity index (χ1v) is 10.7. The molecule has 170 valence electrons. The van der Waals surface area contributed by atoms with Crippen LogP contribution in [0.3, 0.4) is 0 Å². The Morgan fingerprint density at radius 3 is 2.52 bits per heavy atom. The largest absolute Gasteiger partial charge is 0.497 e. The maximum Gasteiger partial charge on any atom is 0.271 e. The van der Waals surface area contributed by atoms with E-state index >= 15 is 0 Å². The third-order valence-electron chi connectivity index (χ3n) is 5.38. The van der Waals surface area contributed by atoms with Crippen LogP contribution in [0.4, 0.5) is 0 Å². The molecule has 1 aromatic heterocycles. The van der Waals surface area contributed by atoms with E-state index in [1.165, 1.54) is 6.92 Å². The van der Waals surface area contributed by atoms with Gasteiger partial charge in [0.2, 0.25) is 5.88 Å². The van der Waals surface area contributed by atoms with Crippen molar-refractivity contribution in [2.24, 2.45) is 0 Å². The molecule has 33 heavy (non-hydrogen) atoms. The number of aryl methyl sites for hydroxylation is 1. The fourth-order valence-electron chi connectivity index (χ4n) is 3.55. The van der Waals surface area contributed by atoms with Gasteiger partial charge in [-0.05, 0) is 55.2 Å². The molecule has 1 heterocycles. The molecule has 0 saturated carbocycles. The number of pyridine rings is 1. The Hall–Kier alpha value is -4.05. The molecule has 7 heteroatoms. The van der Waals surface area contributed by atoms with Gasteiger partial charge in [-0.1, -0.05) is 31.2 Å². The normalized spacial score (nSPS) is 10.5. The molecule has 0 fully saturated rings. The first-order chi connectivity index (χ1) is 15.9. The third kappa shape index (κ3) is 5.07. The second-order valence-corrected chi connectivity index (χ2v) is 7.57. The van der Waals surface area contributed by atoms with Gasteiger partial charge in [-0.15, -0.1) is 0 Å². The van der Waals surface area contributed by atoms with Gasteiger partial charge in [-0.25, -0.2) is 0 Å². The number of hydrogen-bond donors (Lipinski definition) is 1. The number of ether oxygens (including phenoxy) is 2. The number of ketones is 1. The van der Waals surface area contributed by atoms with E-state index in [1.807, 2.05) is 25.1 Å². The van der Waals surface area contributed by atoms with Crippen LogP contribution in [0.15, 0.2) is 53.3 Å². The lowest BCUT2D eigenvalue weighted by Crippen LogP contribution is -2.27. The van der Waals surface area contributed by atoms with E-state index in [0.29, 0.717) is 30.1 Å². The van der Waals surface area contributed by atoms with Crippen LogP contribution in [-0.4, -0.2) is 29.2 Å². The van der Waals surface area contributed by atoms with Crippen LogP contribution in [0.25, 0.3) is 0 Å². The Morgan fingerprint density at radius 2 is 1.88 bits per heavy atom. The summed E-state index contributed by atoms with van der Waals surface area (Å²) in [5, 5.41) is 20.5. The van der Waals surface area contributed by atoms with E-state index in [0.717, 1.165) is 16.6 Å². The van der Waals surface area contributed by atoms with Gasteiger partial charge >= 0.3 is 0 Å². The van der Waals surface area contributed by atoms with Crippen molar-refractivity contribution in [3.8, 4) is 23.4 Å². The predicted octanol–water partition coefficient (Wildman–Crippen LogP) is 4.01. The Labute approximate surface area is 192 Å². The van der Waals surface area contributed by atoms with Gasteiger partial charge in [0.15, 0.2) is 5.78 Å². The second-order valence-electron chi connectivity index (χ2n) is 7.57. The smallest absolute Gasteiger partial charge is 0.271 e. The number of nitriles is 1. The third-order valence-corrected chi connectivity index (χ3v) is 5.38. The first-order valence-electron chi connectivity index (χ1n) is 10.7. The van der Waals surface area contributed by atoms with Crippen molar-refractivity contribution in [1.29, 1.82) is 5.26 Å². The zero-order valence-electron chi connectivity index (χ0n) is 18.9. The van der Waals surface area contributed by atoms with Crippen molar-refractivity contribution < 1.29 is 19.4 Å². The Bertz CT molecular complexity index is 1250. The average Bonchev–Trinajstić information content (AvgIpc) is 2.83. The molecule has 0 unspecified atom stereocenters. The van der Waals surface area contributed by atoms with Crippen LogP contribution in [0.2, 0.25) is 0 Å². The number of aromatic hydroxyl groups is 1. The molecule has 1 N–H and O–H groups in total. The number of aromatic nitrogens is 1. The van der Waals surface area contributed by atoms with E-state index in [4.69, 9.17) is 9.47 Å². The Balaban J connectivity index is 2.00. The zero-order chi connectivity index (χ0) is 24.0. The van der Waals surface area contributed by atoms with E-state index < -0.39 is 17.2 Å². The van der Waals surface area contributed by atoms with Gasteiger partial charge in [0.25, 0.3) is 5.56 Å². The van der Waals surface area contributed by atoms with Gasteiger partial charge < -0.3 is 14.6 Å². The minimum atomic E-state index is -0.627. The van der Waals surface area contributed by atoms with Crippen LogP contribution in [0.5, 0.6) is 17.4 Å². The van der Waals surface area contributed by atoms with Gasteiger partial charge in [0, 0.05) is 12.1 Å². The molecule has 0 spiro atoms. The molecule has 0 amide bonds. The van der Waals surface area contributed by atoms with Crippen molar-refractivity contribution in [2.45, 2.75) is 33.2 Å². The molecule has 0 aliphatic heterocycles. The maximum atomic E-state index is 13.3. The lowest BCUT2D eigenvalue weighted by atomic mass is 9.97. The van der Waals surface area contributed by atoms with Crippen LogP contribution in [0, 0.1) is 18.3 Å². The maximum absolute atomic E-state index is 13.3. The zero-order valence-corrected chi connectivity index (χ0v) is 18.9. The number of hydrogen-bond acceptors (Lipinski definition) is 6. The van der Waals surface area contributed by atoms with Crippen molar-refractivity contribution in [3.63, 3.8) is 0 Å². The molecule has 3 rings (SSSR count). The SMILES string of the molecule is CCCOc1cccc(C(=O)c2c(C)c(C#N)c(=O)n(CCc3ccc(OC)cc3)c2O)c1. The van der Waals surface area contributed by atoms with Gasteiger partial charge in [0.1, 0.15) is 23.1 Å². The Morgan fingerprint density at radius 1 is 1.15 bits per heavy atom. The van der Waals surface area contributed by atoms with Crippen molar-refractivity contribution in [3.05, 3.63) is 86.7 Å². The van der Waals surface area contributed by atoms with E-state index in [9.17, 15) is 20.0 Å². The number of nitrogens with zero attached hydrogens (tertiary/aromatic N) is 2. The molecule has 0 aliphatic carbocycles. The molecule has 3 aromatic rings. The van der Waals surface area contributed by atoms with Gasteiger partial charge in [-0.3, -0.25) is 14.2 Å². The molecular weight excluding hydrogens is 420 g/mol. The van der Waals surface area contributed by atoms with Crippen molar-refractivity contribution >= 4 is 5.78 Å². The summed E-state index contributed by atoms with van der Waals surface area (Å²) in [5.41, 5.74) is 0.516. The number of benzene rings is 2. The minimum absolute atomic E-state index is 0.0616. The first kappa shape index (κ1) is 23.6. The van der Waals surface area contributed by atoms with E-state index in [2.05, 4.69) is 0 Å². The standard InChI is InChI=1S/C26H26N2O5/c1-4-14-33-21-7-5-6-19(15-21)24(29)23-17(2)22(16-27)25(30)28(26(23)31)13-12-18-8-10-20(32-3)11-9-18/h5-11,15,31H,4,12-14H2,1-3H3. The summed E-state index contributed by atoms with van der Waals surface area (Å²) < 4.78 is 11.8. The minimum Gasteiger partial charge on any atom is -0.497 e. The summed E-state index contributed by atoms with van der Waals surface area (Å²) in [6.07, 6.45) is 1.24. The molecule has 0 bridgehead atoms. The molecule has 2 aromatic carbocycles. The summed E-state index contributed by atoms with van der Waals surface area (Å²) in [6.45, 7) is 4.09. The number of carbonyl (C=O) groups excluding carboxylic acids is 1. The summed E-state index contributed by atoms with van der Waals surface area (Å²) in [7, 11) is 1.58. The lowest BCUT2D eigenvalue weighted by Gasteiger charge is -2.16. The van der Waals surface area contributed by atoms with Crippen LogP contribution < -0.4 is 15.0 Å². The molecule has 0 atom stereocenters. The summed E-state index contributed by atoms with van der Waals surface area (Å²) >= 11 is 0. The lowest BCUT2D eigenvalue weighted by molar-refractivity contribution is 0.103. The van der Waals surface area contributed by atoms with E-state index in [1.54, 1.807) is 43.5 Å². The highest BCUT2D eigenvalue weighted by atomic mass is 16.5. The molecular formula is C26H26N2O5. The number of carbonyl (C=O) groups is 1. The Kier molecular flexibility index (Phi) is 7.52. The molecule has 0 radical (unpaired) electrons. The van der Waals surface area contributed by atoms with Crippen LogP contribution in [0.1, 0.15) is 46.0 Å². The van der Waals surface area contributed by atoms with Crippen molar-refractivity contribution in [2.75, 3.05) is 13.7 Å². The van der Waals surface area contributed by atoms with Gasteiger partial charge in [-0.2, -0.15) is 5.26 Å². The number of rotatable bonds is 9. The molecule has 0 aliphatic rings. The van der Waals surface area contributed by atoms with E-state index in [-0.39, 0.29) is 23.2 Å². The quantitative estimate of drug-likeness (QED) is 0.499. The second kappa shape index (κ2) is 10.5. The summed E-state index contributed by atoms with van der Waals surface area (Å²) in [5.74, 6) is 0.309. The highest BCUT2D eigenvalue weighted by molar-refractivity contribution is 6.11. The monoisotopic (exact) mass is 446 g/mol. The highest BCUT2D eigenvalue weighted by Gasteiger charge is 2.25. The van der Waals surface area contributed by atoms with Gasteiger partial charge in [0.05, 0.1) is 19.3 Å². The summed E-state index contributed by atoms with van der Waals surface area (Å²) in [6, 6.07) is 15.8. The topological polar surface area (TPSA) is 102 Å². The average molecular weight is 447 g/mol. The fourth-order valence-corrected chi connectivity index (χ4v) is 3.55.